The first-order chi connectivity index (χ1) is 15.3. The summed E-state index contributed by atoms with van der Waals surface area (Å²) in [5.74, 6) is 0. The van der Waals surface area contributed by atoms with Crippen LogP contribution in [0, 0.1) is 6.92 Å². The number of aryl methyl sites for hydroxylation is 1. The molecule has 0 unspecified atom stereocenters. The van der Waals surface area contributed by atoms with Crippen LogP contribution in [0.3, 0.4) is 0 Å². The second-order valence-electron chi connectivity index (χ2n) is 7.19. The Hall–Kier alpha value is -0.670. The van der Waals surface area contributed by atoms with Gasteiger partial charge in [-0.05, 0) is 25.5 Å². The molecule has 0 heterocycles. The maximum atomic E-state index is 5.54. The molecule has 0 aliphatic heterocycles. The average Bonchev–Trinajstić information content (AvgIpc) is 2.78. The van der Waals surface area contributed by atoms with Crippen molar-refractivity contribution in [1.29, 1.82) is 0 Å². The Kier molecular flexibility index (Phi) is 20.6. The molecule has 180 valence electrons. The molecule has 6 nitrogen and oxygen atoms in total. The predicted octanol–water partition coefficient (Wildman–Crippen LogP) is 5.07. The summed E-state index contributed by atoms with van der Waals surface area (Å²) in [5, 5.41) is 0. The van der Waals surface area contributed by atoms with Gasteiger partial charge in [0.1, 0.15) is 0 Å². The Morgan fingerprint density at radius 3 is 1.52 bits per heavy atom. The van der Waals surface area contributed by atoms with Crippen molar-refractivity contribution in [2.45, 2.75) is 50.8 Å². The number of unbranched alkanes of at least 4 members (excludes halogenated alkanes) is 4. The summed E-state index contributed by atoms with van der Waals surface area (Å²) < 4.78 is 33.0. The van der Waals surface area contributed by atoms with E-state index in [2.05, 4.69) is 38.1 Å². The van der Waals surface area contributed by atoms with Crippen molar-refractivity contribution in [1.82, 2.24) is 0 Å². The van der Waals surface area contributed by atoms with Gasteiger partial charge >= 0.3 is 0 Å². The van der Waals surface area contributed by atoms with Gasteiger partial charge in [-0.2, -0.15) is 0 Å². The van der Waals surface area contributed by atoms with Crippen LogP contribution in [-0.2, 0) is 27.9 Å². The number of benzene rings is 1. The fourth-order valence-electron chi connectivity index (χ4n) is 2.59. The van der Waals surface area contributed by atoms with Crippen molar-refractivity contribution in [3.8, 4) is 0 Å². The zero-order valence-electron chi connectivity index (χ0n) is 19.5. The lowest BCUT2D eigenvalue weighted by Crippen LogP contribution is -2.13. The van der Waals surface area contributed by atoms with Crippen LogP contribution in [-0.4, -0.2) is 72.7 Å². The van der Waals surface area contributed by atoms with Crippen LogP contribution in [0.5, 0.6) is 0 Å². The third-order valence-electron chi connectivity index (χ3n) is 4.37. The molecular weight excluding hydrogens is 416 g/mol. The minimum absolute atomic E-state index is 0.547. The van der Waals surface area contributed by atoms with Gasteiger partial charge in [0.2, 0.25) is 0 Å². The molecule has 0 spiro atoms. The number of rotatable bonds is 23. The maximum Gasteiger partial charge on any atom is 0.0852 e. The van der Waals surface area contributed by atoms with Crippen LogP contribution < -0.4 is 0 Å². The van der Waals surface area contributed by atoms with Crippen LogP contribution in [0.15, 0.2) is 29.2 Å². The van der Waals surface area contributed by atoms with Gasteiger partial charge in [0, 0.05) is 23.5 Å². The van der Waals surface area contributed by atoms with Crippen molar-refractivity contribution in [3.63, 3.8) is 0 Å². The monoisotopic (exact) mass is 458 g/mol. The van der Waals surface area contributed by atoms with Crippen molar-refractivity contribution in [2.75, 3.05) is 72.7 Å². The zero-order chi connectivity index (χ0) is 22.2. The molecule has 0 saturated carbocycles. The molecule has 0 bridgehead atoms. The maximum absolute atomic E-state index is 5.54. The molecule has 7 heteroatoms. The van der Waals surface area contributed by atoms with Gasteiger partial charge in [0.05, 0.1) is 66.1 Å². The third-order valence-corrected chi connectivity index (χ3v) is 5.12. The third kappa shape index (κ3) is 19.7. The highest BCUT2D eigenvalue weighted by Crippen LogP contribution is 2.18. The molecule has 0 saturated heterocycles. The summed E-state index contributed by atoms with van der Waals surface area (Å²) in [5.41, 5.74) is 1.25. The lowest BCUT2D eigenvalue weighted by Gasteiger charge is -2.08. The highest BCUT2D eigenvalue weighted by molar-refractivity contribution is 7.94. The zero-order valence-corrected chi connectivity index (χ0v) is 20.3. The topological polar surface area (TPSA) is 55.4 Å². The van der Waals surface area contributed by atoms with Gasteiger partial charge < -0.3 is 27.9 Å². The van der Waals surface area contributed by atoms with Crippen molar-refractivity contribution >= 4 is 12.0 Å². The molecule has 0 N–H and O–H groups in total. The van der Waals surface area contributed by atoms with Gasteiger partial charge in [0.15, 0.2) is 0 Å². The molecule has 0 amide bonds. The van der Waals surface area contributed by atoms with Crippen LogP contribution in [0.2, 0.25) is 0 Å². The van der Waals surface area contributed by atoms with E-state index in [1.54, 1.807) is 0 Å². The Balaban J connectivity index is 1.68. The van der Waals surface area contributed by atoms with E-state index in [1.807, 2.05) is 0 Å². The second-order valence-corrected chi connectivity index (χ2v) is 8.07. The summed E-state index contributed by atoms with van der Waals surface area (Å²) in [6, 6.07) is 8.25. The Morgan fingerprint density at radius 1 is 0.548 bits per heavy atom. The molecule has 0 aromatic heterocycles. The highest BCUT2D eigenvalue weighted by atomic mass is 32.2. The molecular formula is C24H42O6S. The van der Waals surface area contributed by atoms with Crippen molar-refractivity contribution in [3.05, 3.63) is 29.8 Å². The van der Waals surface area contributed by atoms with E-state index in [0.29, 0.717) is 66.1 Å². The van der Waals surface area contributed by atoms with E-state index in [0.717, 1.165) is 17.9 Å². The number of hydrogen-bond acceptors (Lipinski definition) is 7. The van der Waals surface area contributed by atoms with E-state index < -0.39 is 0 Å². The highest BCUT2D eigenvalue weighted by Gasteiger charge is 1.96. The smallest absolute Gasteiger partial charge is 0.0852 e. The van der Waals surface area contributed by atoms with Crippen LogP contribution in [0.4, 0.5) is 0 Å². The average molecular weight is 459 g/mol. The number of ether oxygens (including phenoxy) is 5. The van der Waals surface area contributed by atoms with Crippen LogP contribution in [0.1, 0.15) is 44.6 Å². The van der Waals surface area contributed by atoms with E-state index in [1.165, 1.54) is 43.3 Å². The van der Waals surface area contributed by atoms with Gasteiger partial charge in [-0.25, -0.2) is 0 Å². The Labute approximate surface area is 193 Å². The van der Waals surface area contributed by atoms with E-state index in [9.17, 15) is 0 Å². The molecule has 0 aliphatic rings. The quantitative estimate of drug-likeness (QED) is 0.168. The van der Waals surface area contributed by atoms with Crippen LogP contribution >= 0.6 is 12.0 Å². The summed E-state index contributed by atoms with van der Waals surface area (Å²) >= 11 is 1.37. The summed E-state index contributed by atoms with van der Waals surface area (Å²) in [6.45, 7) is 10.9. The fourth-order valence-corrected chi connectivity index (χ4v) is 3.12. The SMILES string of the molecule is CCCCCCCOCCOCCOCCOCCOCCOSc1ccc(C)cc1. The first-order valence-electron chi connectivity index (χ1n) is 11.6. The normalized spacial score (nSPS) is 11.3. The summed E-state index contributed by atoms with van der Waals surface area (Å²) in [4.78, 5) is 1.10. The fraction of sp³-hybridized carbons (Fsp3) is 0.750. The first kappa shape index (κ1) is 28.4. The predicted molar refractivity (Wildman–Crippen MR) is 126 cm³/mol. The first-order valence-corrected chi connectivity index (χ1v) is 12.3. The Bertz CT molecular complexity index is 485. The second kappa shape index (κ2) is 22.5. The van der Waals surface area contributed by atoms with Gasteiger partial charge in [-0.3, -0.25) is 0 Å². The van der Waals surface area contributed by atoms with Crippen molar-refractivity contribution < 1.29 is 27.9 Å². The molecule has 0 fully saturated rings. The lowest BCUT2D eigenvalue weighted by atomic mass is 10.2. The summed E-state index contributed by atoms with van der Waals surface area (Å²) in [7, 11) is 0. The molecule has 31 heavy (non-hydrogen) atoms. The molecule has 0 radical (unpaired) electrons. The summed E-state index contributed by atoms with van der Waals surface area (Å²) in [6.07, 6.45) is 6.33. The molecule has 0 aliphatic carbocycles. The Morgan fingerprint density at radius 2 is 1.00 bits per heavy atom. The van der Waals surface area contributed by atoms with Gasteiger partial charge in [-0.15, -0.1) is 0 Å². The van der Waals surface area contributed by atoms with Gasteiger partial charge in [0.25, 0.3) is 0 Å². The lowest BCUT2D eigenvalue weighted by molar-refractivity contribution is -0.0125. The molecule has 1 rings (SSSR count). The van der Waals surface area contributed by atoms with Crippen molar-refractivity contribution in [2.24, 2.45) is 0 Å². The molecule has 1 aromatic rings. The van der Waals surface area contributed by atoms with Crippen LogP contribution in [0.25, 0.3) is 0 Å². The minimum atomic E-state index is 0.547. The molecule has 0 atom stereocenters. The number of hydrogen-bond donors (Lipinski definition) is 0. The van der Waals surface area contributed by atoms with E-state index in [4.69, 9.17) is 27.9 Å². The van der Waals surface area contributed by atoms with Gasteiger partial charge in [-0.1, -0.05) is 50.3 Å². The molecule has 1 aromatic carbocycles. The standard InChI is InChI=1S/C24H42O6S/c1-3-4-5-6-7-12-25-13-14-26-15-16-27-17-18-28-19-20-29-21-22-30-31-24-10-8-23(2)9-11-24/h8-11H,3-7,12-22H2,1-2H3. The minimum Gasteiger partial charge on any atom is -0.379 e. The largest absolute Gasteiger partial charge is 0.379 e. The van der Waals surface area contributed by atoms with E-state index in [-0.39, 0.29) is 0 Å². The van der Waals surface area contributed by atoms with E-state index >= 15 is 0 Å².